The lowest BCUT2D eigenvalue weighted by Gasteiger charge is -2.38. The number of nitrogens with zero attached hydrogens (tertiary/aromatic N) is 3. The van der Waals surface area contributed by atoms with Crippen molar-refractivity contribution in [3.8, 4) is 0 Å². The molecule has 1 aromatic heterocycles. The lowest BCUT2D eigenvalue weighted by atomic mass is 9.70. The topological polar surface area (TPSA) is 70.4 Å². The van der Waals surface area contributed by atoms with Gasteiger partial charge < -0.3 is 18.5 Å². The Bertz CT molecular complexity index is 874. The van der Waals surface area contributed by atoms with Gasteiger partial charge in [-0.05, 0) is 22.7 Å². The van der Waals surface area contributed by atoms with Crippen molar-refractivity contribution in [1.29, 1.82) is 0 Å². The largest absolute Gasteiger partial charge is 0.465 e. The smallest absolute Gasteiger partial charge is 0.311 e. The SMILES string of the molecule is Cn1cncc1CC[N+](C)(CCC(=O)OCC(C)(C)CC(C)(C)C)CCC(=O)OCC(C)(C)C(C)(C)C. The molecule has 0 aliphatic rings. The zero-order valence-electron chi connectivity index (χ0n) is 26.0. The summed E-state index contributed by atoms with van der Waals surface area (Å²) in [4.78, 5) is 29.6. The van der Waals surface area contributed by atoms with E-state index in [1.165, 1.54) is 0 Å². The highest BCUT2D eigenvalue weighted by Gasteiger charge is 2.34. The molecular weight excluding hydrogens is 466 g/mol. The van der Waals surface area contributed by atoms with Crippen molar-refractivity contribution in [3.63, 3.8) is 0 Å². The predicted molar refractivity (Wildman–Crippen MR) is 150 cm³/mol. The van der Waals surface area contributed by atoms with Crippen LogP contribution < -0.4 is 0 Å². The molecule has 0 aromatic carbocycles. The number of rotatable bonds is 14. The predicted octanol–water partition coefficient (Wildman–Crippen LogP) is 5.81. The molecule has 1 heterocycles. The maximum absolute atomic E-state index is 12.7. The highest BCUT2D eigenvalue weighted by atomic mass is 16.5. The first kappa shape index (κ1) is 33.1. The second-order valence-corrected chi connectivity index (χ2v) is 14.9. The van der Waals surface area contributed by atoms with E-state index >= 15 is 0 Å². The molecule has 0 amide bonds. The summed E-state index contributed by atoms with van der Waals surface area (Å²) in [5, 5.41) is 0. The van der Waals surface area contributed by atoms with Gasteiger partial charge in [-0.3, -0.25) is 9.59 Å². The van der Waals surface area contributed by atoms with Gasteiger partial charge in [-0.2, -0.15) is 0 Å². The van der Waals surface area contributed by atoms with Crippen LogP contribution in [-0.4, -0.2) is 65.9 Å². The number of esters is 2. The summed E-state index contributed by atoms with van der Waals surface area (Å²) in [6.07, 6.45) is 6.09. The maximum Gasteiger partial charge on any atom is 0.311 e. The standard InChI is InChI=1S/C30H56N3O4/c1-27(2,3)20-29(7,8)21-36-25(34)14-17-33(12,16-13-24-19-31-23-32(24)11)18-15-26(35)37-22-30(9,10)28(4,5)6/h19,23H,13-18,20-22H2,1-12H3/q+1. The van der Waals surface area contributed by atoms with Crippen molar-refractivity contribution in [2.24, 2.45) is 28.7 Å². The highest BCUT2D eigenvalue weighted by molar-refractivity contribution is 5.70. The Morgan fingerprint density at radius 1 is 0.865 bits per heavy atom. The van der Waals surface area contributed by atoms with Gasteiger partial charge in [-0.1, -0.05) is 69.2 Å². The third-order valence-electron chi connectivity index (χ3n) is 7.79. The van der Waals surface area contributed by atoms with E-state index in [1.54, 1.807) is 6.33 Å². The second kappa shape index (κ2) is 12.8. The molecule has 1 rings (SSSR count). The molecule has 0 aliphatic carbocycles. The number of hydrogen-bond donors (Lipinski definition) is 0. The van der Waals surface area contributed by atoms with Gasteiger partial charge in [0.2, 0.25) is 0 Å². The number of carbonyl (C=O) groups excluding carboxylic acids is 2. The van der Waals surface area contributed by atoms with Crippen LogP contribution in [0.15, 0.2) is 12.5 Å². The van der Waals surface area contributed by atoms with Gasteiger partial charge >= 0.3 is 11.9 Å². The highest BCUT2D eigenvalue weighted by Crippen LogP contribution is 2.38. The van der Waals surface area contributed by atoms with E-state index < -0.39 is 0 Å². The number of aromatic nitrogens is 2. The molecule has 0 bridgehead atoms. The first-order valence-electron chi connectivity index (χ1n) is 13.7. The summed E-state index contributed by atoms with van der Waals surface area (Å²) < 4.78 is 14.0. The third-order valence-corrected chi connectivity index (χ3v) is 7.79. The number of likely N-dealkylation sites (N-methyl/N-ethyl adjacent to an activating group) is 1. The van der Waals surface area contributed by atoms with Crippen LogP contribution >= 0.6 is 0 Å². The quantitative estimate of drug-likeness (QED) is 0.228. The summed E-state index contributed by atoms with van der Waals surface area (Å²) in [7, 11) is 4.09. The molecule has 1 unspecified atom stereocenters. The minimum Gasteiger partial charge on any atom is -0.465 e. The Kier molecular flexibility index (Phi) is 11.4. The molecule has 37 heavy (non-hydrogen) atoms. The molecule has 1 atom stereocenters. The Hall–Kier alpha value is -1.89. The number of hydrogen-bond acceptors (Lipinski definition) is 5. The van der Waals surface area contributed by atoms with Gasteiger partial charge in [0.1, 0.15) is 0 Å². The summed E-state index contributed by atoms with van der Waals surface area (Å²) >= 11 is 0. The molecule has 0 saturated carbocycles. The van der Waals surface area contributed by atoms with E-state index in [1.807, 2.05) is 17.8 Å². The maximum atomic E-state index is 12.7. The van der Waals surface area contributed by atoms with Crippen molar-refractivity contribution in [2.45, 2.75) is 94.9 Å². The van der Waals surface area contributed by atoms with E-state index in [2.05, 4.69) is 81.3 Å². The Morgan fingerprint density at radius 3 is 1.81 bits per heavy atom. The number of ether oxygens (including phenoxy) is 2. The normalized spacial score (nSPS) is 14.8. The van der Waals surface area contributed by atoms with Crippen molar-refractivity contribution in [2.75, 3.05) is 39.9 Å². The van der Waals surface area contributed by atoms with Crippen molar-refractivity contribution < 1.29 is 23.5 Å². The molecule has 0 saturated heterocycles. The summed E-state index contributed by atoms with van der Waals surface area (Å²) in [6.45, 7) is 24.5. The summed E-state index contributed by atoms with van der Waals surface area (Å²) in [5.74, 6) is -0.366. The van der Waals surface area contributed by atoms with Crippen molar-refractivity contribution in [3.05, 3.63) is 18.2 Å². The van der Waals surface area contributed by atoms with Crippen LogP contribution in [0.3, 0.4) is 0 Å². The fourth-order valence-corrected chi connectivity index (χ4v) is 4.45. The first-order chi connectivity index (χ1) is 16.6. The number of imidazole rings is 1. The monoisotopic (exact) mass is 522 g/mol. The minimum absolute atomic E-state index is 0.0305. The summed E-state index contributed by atoms with van der Waals surface area (Å²) in [5.41, 5.74) is 1.14. The molecule has 0 N–H and O–H groups in total. The lowest BCUT2D eigenvalue weighted by molar-refractivity contribution is -0.908. The van der Waals surface area contributed by atoms with E-state index in [9.17, 15) is 9.59 Å². The van der Waals surface area contributed by atoms with E-state index in [-0.39, 0.29) is 33.6 Å². The van der Waals surface area contributed by atoms with E-state index in [0.29, 0.717) is 43.6 Å². The van der Waals surface area contributed by atoms with Crippen LogP contribution in [0.5, 0.6) is 0 Å². The third kappa shape index (κ3) is 12.5. The molecule has 214 valence electrons. The minimum atomic E-state index is -0.186. The van der Waals surface area contributed by atoms with E-state index in [4.69, 9.17) is 9.47 Å². The molecule has 0 radical (unpaired) electrons. The molecule has 0 aliphatic heterocycles. The molecule has 1 aromatic rings. The number of aryl methyl sites for hydroxylation is 1. The van der Waals surface area contributed by atoms with Crippen molar-refractivity contribution >= 4 is 11.9 Å². The Balaban J connectivity index is 2.74. The molecular formula is C30H56N3O4+. The van der Waals surface area contributed by atoms with Gasteiger partial charge in [0.05, 0.1) is 59.1 Å². The van der Waals surface area contributed by atoms with Crippen LogP contribution in [-0.2, 0) is 32.5 Å². The number of carbonyl (C=O) groups is 2. The fraction of sp³-hybridized carbons (Fsp3) is 0.833. The molecule has 0 spiro atoms. The van der Waals surface area contributed by atoms with Gasteiger partial charge in [0, 0.05) is 30.8 Å². The average molecular weight is 523 g/mol. The van der Waals surface area contributed by atoms with Crippen LogP contribution in [0, 0.1) is 21.7 Å². The van der Waals surface area contributed by atoms with Crippen LogP contribution in [0.1, 0.15) is 94.2 Å². The van der Waals surface area contributed by atoms with Gasteiger partial charge in [0.15, 0.2) is 0 Å². The van der Waals surface area contributed by atoms with Crippen molar-refractivity contribution in [1.82, 2.24) is 9.55 Å². The van der Waals surface area contributed by atoms with Gasteiger partial charge in [-0.15, -0.1) is 0 Å². The van der Waals surface area contributed by atoms with Crippen LogP contribution in [0.4, 0.5) is 0 Å². The van der Waals surface area contributed by atoms with Crippen LogP contribution in [0.25, 0.3) is 0 Å². The number of quaternary nitrogens is 1. The zero-order valence-corrected chi connectivity index (χ0v) is 26.0. The molecule has 7 heteroatoms. The Morgan fingerprint density at radius 2 is 1.38 bits per heavy atom. The first-order valence-corrected chi connectivity index (χ1v) is 13.7. The van der Waals surface area contributed by atoms with E-state index in [0.717, 1.165) is 25.1 Å². The zero-order chi connectivity index (χ0) is 28.7. The second-order valence-electron chi connectivity index (χ2n) is 14.9. The average Bonchev–Trinajstić information content (AvgIpc) is 3.14. The van der Waals surface area contributed by atoms with Crippen LogP contribution in [0.2, 0.25) is 0 Å². The molecule has 0 fully saturated rings. The molecule has 7 nitrogen and oxygen atoms in total. The van der Waals surface area contributed by atoms with Gasteiger partial charge in [-0.25, -0.2) is 4.98 Å². The fourth-order valence-electron chi connectivity index (χ4n) is 4.45. The lowest BCUT2D eigenvalue weighted by Crippen LogP contribution is -2.48. The Labute approximate surface area is 226 Å². The van der Waals surface area contributed by atoms with Gasteiger partial charge in [0.25, 0.3) is 0 Å². The summed E-state index contributed by atoms with van der Waals surface area (Å²) in [6, 6.07) is 0.